The molecule has 0 fully saturated rings. The van der Waals surface area contributed by atoms with Gasteiger partial charge in [0, 0.05) is 17.6 Å². The number of aromatic nitrogens is 2. The van der Waals surface area contributed by atoms with E-state index < -0.39 is 11.8 Å². The third-order valence-electron chi connectivity index (χ3n) is 7.74. The second-order valence-corrected chi connectivity index (χ2v) is 11.3. The molecule has 0 amide bonds. The fraction of sp³-hybridized carbons (Fsp3) is 0.108. The summed E-state index contributed by atoms with van der Waals surface area (Å²) in [6, 6.07) is 39.9. The van der Waals surface area contributed by atoms with Crippen molar-refractivity contribution in [2.75, 3.05) is 0 Å². The van der Waals surface area contributed by atoms with Crippen LogP contribution in [0.1, 0.15) is 27.8 Å². The zero-order chi connectivity index (χ0) is 30.6. The standard InChI is InChI=1S/C37H28N2O5S/c40-36-35(28-13-20-33-34(22-28)39-45-38-33)32(21-25-11-16-30(17-12-25)42-23-26-7-3-1-4-8-26)37(41,44-36)29-14-18-31(19-15-29)43-24-27-9-5-2-6-10-27/h1-20,22,41H,21,23-24H2. The minimum Gasteiger partial charge on any atom is -0.489 e. The van der Waals surface area contributed by atoms with Crippen molar-refractivity contribution in [2.24, 2.45) is 0 Å². The Balaban J connectivity index is 1.19. The Bertz CT molecular complexity index is 1970. The van der Waals surface area contributed by atoms with Gasteiger partial charge < -0.3 is 19.3 Å². The molecule has 7 rings (SSSR count). The number of hydrogen-bond donors (Lipinski definition) is 1. The summed E-state index contributed by atoms with van der Waals surface area (Å²) in [5.41, 5.74) is 6.19. The van der Waals surface area contributed by atoms with Gasteiger partial charge in [-0.15, -0.1) is 0 Å². The van der Waals surface area contributed by atoms with Gasteiger partial charge in [-0.2, -0.15) is 8.75 Å². The molecule has 1 aliphatic heterocycles. The lowest BCUT2D eigenvalue weighted by atomic mass is 9.88. The lowest BCUT2D eigenvalue weighted by molar-refractivity contribution is -0.185. The normalized spacial score (nSPS) is 16.2. The molecule has 5 aromatic carbocycles. The zero-order valence-corrected chi connectivity index (χ0v) is 24.9. The van der Waals surface area contributed by atoms with Crippen LogP contribution in [-0.4, -0.2) is 19.8 Å². The van der Waals surface area contributed by atoms with E-state index in [1.54, 1.807) is 24.3 Å². The lowest BCUT2D eigenvalue weighted by Gasteiger charge is -2.26. The van der Waals surface area contributed by atoms with Crippen molar-refractivity contribution in [3.8, 4) is 11.5 Å². The molecule has 0 saturated heterocycles. The van der Waals surface area contributed by atoms with E-state index in [1.165, 1.54) is 0 Å². The Kier molecular flexibility index (Phi) is 7.82. The summed E-state index contributed by atoms with van der Waals surface area (Å²) >= 11 is 1.11. The van der Waals surface area contributed by atoms with Crippen LogP contribution in [0.3, 0.4) is 0 Å². The van der Waals surface area contributed by atoms with Gasteiger partial charge in [-0.25, -0.2) is 4.79 Å². The third kappa shape index (κ3) is 6.06. The van der Waals surface area contributed by atoms with Gasteiger partial charge in [-0.1, -0.05) is 78.9 Å². The predicted octanol–water partition coefficient (Wildman–Crippen LogP) is 7.25. The second kappa shape index (κ2) is 12.4. The van der Waals surface area contributed by atoms with Crippen LogP contribution < -0.4 is 9.47 Å². The smallest absolute Gasteiger partial charge is 0.342 e. The van der Waals surface area contributed by atoms with E-state index in [4.69, 9.17) is 14.2 Å². The highest BCUT2D eigenvalue weighted by Crippen LogP contribution is 2.45. The van der Waals surface area contributed by atoms with Crippen molar-refractivity contribution in [1.29, 1.82) is 0 Å². The van der Waals surface area contributed by atoms with Crippen LogP contribution in [0.4, 0.5) is 0 Å². The average Bonchev–Trinajstić information content (AvgIpc) is 3.66. The van der Waals surface area contributed by atoms with Crippen LogP contribution in [0.25, 0.3) is 16.6 Å². The summed E-state index contributed by atoms with van der Waals surface area (Å²) in [7, 11) is 0. The van der Waals surface area contributed by atoms with Crippen molar-refractivity contribution in [1.82, 2.24) is 8.75 Å². The number of nitrogens with zero attached hydrogens (tertiary/aromatic N) is 2. The van der Waals surface area contributed by atoms with Crippen LogP contribution in [0, 0.1) is 0 Å². The highest BCUT2D eigenvalue weighted by Gasteiger charge is 2.48. The highest BCUT2D eigenvalue weighted by atomic mass is 32.1. The Morgan fingerprint density at radius 2 is 1.24 bits per heavy atom. The number of hydrogen-bond acceptors (Lipinski definition) is 8. The predicted molar refractivity (Wildman–Crippen MR) is 172 cm³/mol. The van der Waals surface area contributed by atoms with Crippen LogP contribution in [0.5, 0.6) is 11.5 Å². The molecular formula is C37H28N2O5S. The molecule has 0 bridgehead atoms. The monoisotopic (exact) mass is 612 g/mol. The van der Waals surface area contributed by atoms with Gasteiger partial charge in [-0.3, -0.25) is 0 Å². The van der Waals surface area contributed by atoms with Crippen LogP contribution in [-0.2, 0) is 35.0 Å². The van der Waals surface area contributed by atoms with Gasteiger partial charge in [0.15, 0.2) is 0 Å². The molecule has 0 radical (unpaired) electrons. The topological polar surface area (TPSA) is 90.8 Å². The SMILES string of the molecule is O=C1OC(O)(c2ccc(OCc3ccccc3)cc2)C(Cc2ccc(OCc3ccccc3)cc2)=C1c1ccc2nsnc2c1. The quantitative estimate of drug-likeness (QED) is 0.163. The number of carbonyl (C=O) groups is 1. The first-order valence-electron chi connectivity index (χ1n) is 14.5. The maximum Gasteiger partial charge on any atom is 0.342 e. The number of aliphatic hydroxyl groups is 1. The van der Waals surface area contributed by atoms with Gasteiger partial charge in [0.1, 0.15) is 35.7 Å². The molecule has 1 N–H and O–H groups in total. The molecule has 0 spiro atoms. The number of carbonyl (C=O) groups excluding carboxylic acids is 1. The zero-order valence-electron chi connectivity index (χ0n) is 24.1. The molecule has 222 valence electrons. The van der Waals surface area contributed by atoms with Crippen molar-refractivity contribution in [3.63, 3.8) is 0 Å². The first kappa shape index (κ1) is 28.5. The second-order valence-electron chi connectivity index (χ2n) is 10.7. The minimum atomic E-state index is -1.98. The largest absolute Gasteiger partial charge is 0.489 e. The molecular weight excluding hydrogens is 584 g/mol. The van der Waals surface area contributed by atoms with Crippen LogP contribution in [0.2, 0.25) is 0 Å². The minimum absolute atomic E-state index is 0.260. The third-order valence-corrected chi connectivity index (χ3v) is 8.30. The number of fused-ring (bicyclic) bond motifs is 1. The Hall–Kier alpha value is -5.31. The van der Waals surface area contributed by atoms with Gasteiger partial charge in [0.2, 0.25) is 0 Å². The number of ether oxygens (including phenoxy) is 3. The van der Waals surface area contributed by atoms with Crippen LogP contribution >= 0.6 is 11.7 Å². The Morgan fingerprint density at radius 1 is 0.667 bits per heavy atom. The van der Waals surface area contributed by atoms with Crippen molar-refractivity contribution in [2.45, 2.75) is 25.4 Å². The number of rotatable bonds is 10. The van der Waals surface area contributed by atoms with Crippen LogP contribution in [0.15, 0.2) is 133 Å². The Labute approximate surface area is 264 Å². The van der Waals surface area contributed by atoms with Crippen molar-refractivity contribution >= 4 is 34.3 Å². The Morgan fingerprint density at radius 3 is 1.87 bits per heavy atom. The van der Waals surface area contributed by atoms with E-state index >= 15 is 0 Å². The number of esters is 1. The van der Waals surface area contributed by atoms with Gasteiger partial charge >= 0.3 is 5.97 Å². The van der Waals surface area contributed by atoms with E-state index in [0.29, 0.717) is 46.8 Å². The number of cyclic esters (lactones) is 1. The molecule has 2 heterocycles. The molecule has 8 heteroatoms. The van der Waals surface area contributed by atoms with E-state index in [1.807, 2.05) is 103 Å². The lowest BCUT2D eigenvalue weighted by Crippen LogP contribution is -2.29. The van der Waals surface area contributed by atoms with E-state index in [-0.39, 0.29) is 6.42 Å². The first-order chi connectivity index (χ1) is 22.0. The van der Waals surface area contributed by atoms with Gasteiger partial charge in [0.25, 0.3) is 5.79 Å². The molecule has 45 heavy (non-hydrogen) atoms. The average molecular weight is 613 g/mol. The first-order valence-corrected chi connectivity index (χ1v) is 15.2. The molecule has 1 aromatic heterocycles. The molecule has 0 aliphatic carbocycles. The van der Waals surface area contributed by atoms with Crippen molar-refractivity contribution in [3.05, 3.63) is 161 Å². The fourth-order valence-electron chi connectivity index (χ4n) is 5.38. The van der Waals surface area contributed by atoms with E-state index in [2.05, 4.69) is 8.75 Å². The molecule has 1 atom stereocenters. The molecule has 7 nitrogen and oxygen atoms in total. The van der Waals surface area contributed by atoms with Crippen molar-refractivity contribution < 1.29 is 24.1 Å². The maximum absolute atomic E-state index is 13.5. The molecule has 1 aliphatic rings. The van der Waals surface area contributed by atoms with E-state index in [0.717, 1.165) is 39.7 Å². The summed E-state index contributed by atoms with van der Waals surface area (Å²) < 4.78 is 26.3. The van der Waals surface area contributed by atoms with Gasteiger partial charge in [0.05, 0.1) is 17.3 Å². The molecule has 0 saturated carbocycles. The van der Waals surface area contributed by atoms with E-state index in [9.17, 15) is 9.90 Å². The summed E-state index contributed by atoms with van der Waals surface area (Å²) in [6.07, 6.45) is 0.260. The summed E-state index contributed by atoms with van der Waals surface area (Å²) in [5, 5.41) is 12.1. The fourth-order valence-corrected chi connectivity index (χ4v) is 5.89. The molecule has 1 unspecified atom stereocenters. The summed E-state index contributed by atoms with van der Waals surface area (Å²) in [4.78, 5) is 13.5. The highest BCUT2D eigenvalue weighted by molar-refractivity contribution is 7.00. The summed E-state index contributed by atoms with van der Waals surface area (Å²) in [6.45, 7) is 0.865. The number of benzene rings is 5. The summed E-state index contributed by atoms with van der Waals surface area (Å²) in [5.74, 6) is -1.24. The maximum atomic E-state index is 13.5. The molecule has 6 aromatic rings. The van der Waals surface area contributed by atoms with Gasteiger partial charge in [-0.05, 0) is 70.8 Å².